The van der Waals surface area contributed by atoms with Gasteiger partial charge in [-0.05, 0) is 73.6 Å². The average Bonchev–Trinajstić information content (AvgIpc) is 3.57. The lowest BCUT2D eigenvalue weighted by molar-refractivity contribution is -0.145. The second-order valence-electron chi connectivity index (χ2n) is 9.59. The van der Waals surface area contributed by atoms with Crippen molar-refractivity contribution in [2.45, 2.75) is 25.7 Å². The van der Waals surface area contributed by atoms with E-state index in [1.807, 2.05) is 0 Å². The second-order valence-corrected chi connectivity index (χ2v) is 10.4. The van der Waals surface area contributed by atoms with Crippen LogP contribution in [0.15, 0.2) is 42.5 Å². The molecule has 3 aliphatic rings. The van der Waals surface area contributed by atoms with Gasteiger partial charge in [0.15, 0.2) is 12.4 Å². The Labute approximate surface area is 222 Å². The summed E-state index contributed by atoms with van der Waals surface area (Å²) in [6.45, 7) is -0.519. The number of amides is 2. The van der Waals surface area contributed by atoms with Crippen LogP contribution in [0.1, 0.15) is 46.4 Å². The van der Waals surface area contributed by atoms with Crippen LogP contribution in [0.3, 0.4) is 0 Å². The fourth-order valence-electron chi connectivity index (χ4n) is 5.69. The van der Waals surface area contributed by atoms with Crippen LogP contribution >= 0.6 is 23.2 Å². The molecular weight excluding hydrogens is 521 g/mol. The molecule has 8 nitrogen and oxygen atoms in total. The normalized spacial score (nSPS) is 23.8. The molecule has 2 aromatic rings. The van der Waals surface area contributed by atoms with E-state index < -0.39 is 24.3 Å². The summed E-state index contributed by atoms with van der Waals surface area (Å²) in [6, 6.07) is 10.1. The Balaban J connectivity index is 1.08. The molecule has 1 heterocycles. The van der Waals surface area contributed by atoms with Crippen LogP contribution < -0.4 is 4.74 Å². The summed E-state index contributed by atoms with van der Waals surface area (Å²) in [6.07, 6.45) is 2.77. The van der Waals surface area contributed by atoms with Gasteiger partial charge in [0.1, 0.15) is 5.75 Å². The second kappa shape index (κ2) is 10.3. The minimum Gasteiger partial charge on any atom is -0.457 e. The third kappa shape index (κ3) is 5.00. The number of hydrogen-bond acceptors (Lipinski definition) is 7. The number of likely N-dealkylation sites (tertiary alicyclic amines) is 1. The Kier molecular flexibility index (Phi) is 7.05. The Morgan fingerprint density at radius 1 is 0.865 bits per heavy atom. The third-order valence-electron chi connectivity index (χ3n) is 7.46. The van der Waals surface area contributed by atoms with Crippen LogP contribution in [0.4, 0.5) is 0 Å². The molecule has 0 N–H and O–H groups in total. The van der Waals surface area contributed by atoms with Crippen molar-refractivity contribution in [3.63, 3.8) is 0 Å². The van der Waals surface area contributed by atoms with E-state index in [9.17, 15) is 24.0 Å². The number of nitrogens with zero attached hydrogens (tertiary/aromatic N) is 1. The topological polar surface area (TPSA) is 107 Å². The summed E-state index contributed by atoms with van der Waals surface area (Å²) in [4.78, 5) is 63.5. The van der Waals surface area contributed by atoms with Crippen LogP contribution in [-0.4, -0.2) is 47.6 Å². The summed E-state index contributed by atoms with van der Waals surface area (Å²) >= 11 is 11.8. The molecule has 5 rings (SSSR count). The van der Waals surface area contributed by atoms with E-state index in [2.05, 4.69) is 0 Å². The molecule has 2 aromatic carbocycles. The number of hydrogen-bond donors (Lipinski definition) is 0. The zero-order valence-electron chi connectivity index (χ0n) is 19.7. The first kappa shape index (κ1) is 25.4. The summed E-state index contributed by atoms with van der Waals surface area (Å²) in [5.41, 5.74) is 0.477. The molecule has 4 unspecified atom stereocenters. The van der Waals surface area contributed by atoms with Gasteiger partial charge in [0, 0.05) is 12.1 Å². The number of carbonyl (C=O) groups is 5. The van der Waals surface area contributed by atoms with Crippen molar-refractivity contribution in [3.8, 4) is 5.75 Å². The van der Waals surface area contributed by atoms with Crippen molar-refractivity contribution in [2.24, 2.45) is 23.7 Å². The van der Waals surface area contributed by atoms with Gasteiger partial charge in [-0.3, -0.25) is 24.1 Å². The zero-order chi connectivity index (χ0) is 26.3. The molecule has 192 valence electrons. The number of rotatable bonds is 8. The van der Waals surface area contributed by atoms with Gasteiger partial charge in [-0.2, -0.15) is 0 Å². The van der Waals surface area contributed by atoms with E-state index in [1.54, 1.807) is 0 Å². The molecule has 2 amide bonds. The van der Waals surface area contributed by atoms with Crippen molar-refractivity contribution in [1.29, 1.82) is 0 Å². The summed E-state index contributed by atoms with van der Waals surface area (Å²) in [5.74, 6) is -1.78. The van der Waals surface area contributed by atoms with Crippen molar-refractivity contribution >= 4 is 52.7 Å². The Bertz CT molecular complexity index is 1260. The molecule has 10 heteroatoms. The maximum absolute atomic E-state index is 12.7. The Hall–Kier alpha value is -3.23. The van der Waals surface area contributed by atoms with Crippen molar-refractivity contribution < 1.29 is 33.4 Å². The molecule has 4 atom stereocenters. The highest BCUT2D eigenvalue weighted by Crippen LogP contribution is 2.56. The Morgan fingerprint density at radius 2 is 1.49 bits per heavy atom. The molecular formula is C27H23Cl2NO7. The van der Waals surface area contributed by atoms with Gasteiger partial charge >= 0.3 is 11.9 Å². The number of esters is 2. The molecule has 0 aromatic heterocycles. The van der Waals surface area contributed by atoms with E-state index >= 15 is 0 Å². The van der Waals surface area contributed by atoms with Crippen LogP contribution in [0.2, 0.25) is 10.0 Å². The average molecular weight is 544 g/mol. The first-order valence-corrected chi connectivity index (χ1v) is 12.8. The lowest BCUT2D eigenvalue weighted by atomic mass is 9.81. The van der Waals surface area contributed by atoms with Crippen molar-refractivity contribution in [2.75, 3.05) is 13.2 Å². The zero-order valence-corrected chi connectivity index (χ0v) is 21.2. The standard InChI is InChI=1S/C27H23Cl2NO7/c28-19-8-5-17(12-20(19)29)27(35)37-18-6-3-14(4-7-18)21(31)13-36-22(32)9-10-30-25(33)23-15-1-2-16(11-15)24(23)26(30)34/h3-8,12,15-16,23-24H,1-2,9-11,13H2. The van der Waals surface area contributed by atoms with Crippen LogP contribution in [0.5, 0.6) is 5.75 Å². The van der Waals surface area contributed by atoms with Gasteiger partial charge in [-0.1, -0.05) is 23.2 Å². The van der Waals surface area contributed by atoms with Gasteiger partial charge in [0.2, 0.25) is 11.8 Å². The lowest BCUT2D eigenvalue weighted by Gasteiger charge is -2.19. The number of benzene rings is 2. The SMILES string of the molecule is O=C(CCN1C(=O)C2C3CCC(C3)C2C1=O)OCC(=O)c1ccc(OC(=O)c2ccc(Cl)c(Cl)c2)cc1. The molecule has 0 radical (unpaired) electrons. The summed E-state index contributed by atoms with van der Waals surface area (Å²) < 4.78 is 10.3. The highest BCUT2D eigenvalue weighted by molar-refractivity contribution is 6.42. The van der Waals surface area contributed by atoms with Crippen molar-refractivity contribution in [3.05, 3.63) is 63.6 Å². The molecule has 0 spiro atoms. The number of fused-ring (bicyclic) bond motifs is 5. The van der Waals surface area contributed by atoms with E-state index in [0.29, 0.717) is 5.02 Å². The molecule has 2 bridgehead atoms. The predicted molar refractivity (Wildman–Crippen MR) is 132 cm³/mol. The monoisotopic (exact) mass is 543 g/mol. The number of ether oxygens (including phenoxy) is 2. The number of Topliss-reactive ketones (excluding diaryl/α,β-unsaturated/α-hetero) is 1. The molecule has 2 saturated carbocycles. The molecule has 1 saturated heterocycles. The van der Waals surface area contributed by atoms with Gasteiger partial charge in [0.05, 0.1) is 33.9 Å². The number of carbonyl (C=O) groups excluding carboxylic acids is 5. The lowest BCUT2D eigenvalue weighted by Crippen LogP contribution is -2.35. The Morgan fingerprint density at radius 3 is 2.11 bits per heavy atom. The first-order chi connectivity index (χ1) is 17.7. The maximum atomic E-state index is 12.7. The fourth-order valence-corrected chi connectivity index (χ4v) is 5.99. The minimum atomic E-state index is -0.666. The molecule has 2 aliphatic carbocycles. The van der Waals surface area contributed by atoms with Crippen molar-refractivity contribution in [1.82, 2.24) is 4.90 Å². The number of ketones is 1. The van der Waals surface area contributed by atoms with Gasteiger partial charge in [-0.15, -0.1) is 0 Å². The largest absolute Gasteiger partial charge is 0.457 e. The number of imide groups is 1. The van der Waals surface area contributed by atoms with Gasteiger partial charge < -0.3 is 9.47 Å². The molecule has 37 heavy (non-hydrogen) atoms. The quantitative estimate of drug-likeness (QED) is 0.210. The molecule has 1 aliphatic heterocycles. The van der Waals surface area contributed by atoms with Crippen LogP contribution in [-0.2, 0) is 19.1 Å². The van der Waals surface area contributed by atoms with E-state index in [0.717, 1.165) is 19.3 Å². The first-order valence-electron chi connectivity index (χ1n) is 12.0. The van der Waals surface area contributed by atoms with E-state index in [1.165, 1.54) is 47.4 Å². The highest BCUT2D eigenvalue weighted by atomic mass is 35.5. The van der Waals surface area contributed by atoms with E-state index in [-0.39, 0.29) is 70.4 Å². The highest BCUT2D eigenvalue weighted by Gasteiger charge is 2.60. The van der Waals surface area contributed by atoms with Crippen LogP contribution in [0.25, 0.3) is 0 Å². The molecule has 3 fully saturated rings. The smallest absolute Gasteiger partial charge is 0.343 e. The third-order valence-corrected chi connectivity index (χ3v) is 8.20. The van der Waals surface area contributed by atoms with E-state index in [4.69, 9.17) is 32.7 Å². The minimum absolute atomic E-state index is 0.0317. The maximum Gasteiger partial charge on any atom is 0.343 e. The van der Waals surface area contributed by atoms with Gasteiger partial charge in [-0.25, -0.2) is 4.79 Å². The predicted octanol–water partition coefficient (Wildman–Crippen LogP) is 4.36. The fraction of sp³-hybridized carbons (Fsp3) is 0.370. The number of halogens is 2. The van der Waals surface area contributed by atoms with Crippen LogP contribution in [0, 0.1) is 23.7 Å². The summed E-state index contributed by atoms with van der Waals surface area (Å²) in [5, 5.41) is 0.536. The van der Waals surface area contributed by atoms with Gasteiger partial charge in [0.25, 0.3) is 0 Å². The summed E-state index contributed by atoms with van der Waals surface area (Å²) in [7, 11) is 0.